The molecule has 1 saturated heterocycles. The van der Waals surface area contributed by atoms with Gasteiger partial charge in [-0.3, -0.25) is 9.59 Å². The highest BCUT2D eigenvalue weighted by Gasteiger charge is 2.27. The molecule has 0 bridgehead atoms. The number of ether oxygens (including phenoxy) is 2. The van der Waals surface area contributed by atoms with Crippen molar-refractivity contribution < 1.29 is 19.1 Å². The Labute approximate surface area is 152 Å². The summed E-state index contributed by atoms with van der Waals surface area (Å²) in [7, 11) is 0. The standard InChI is InChI=1S/C20H22N2O4/c21-20(24)15-5-4-12-22(13-15)19(23)14-25-16-8-10-18(11-9-16)26-17-6-2-1-3-7-17/h1-3,6-11,15H,4-5,12-14H2,(H2,21,24)/t15-/m0/s1. The minimum Gasteiger partial charge on any atom is -0.484 e. The lowest BCUT2D eigenvalue weighted by molar-refractivity contribution is -0.136. The molecular weight excluding hydrogens is 332 g/mol. The van der Waals surface area contributed by atoms with Gasteiger partial charge in [0.1, 0.15) is 17.2 Å². The van der Waals surface area contributed by atoms with Crippen LogP contribution in [0.1, 0.15) is 12.8 Å². The molecule has 26 heavy (non-hydrogen) atoms. The number of likely N-dealkylation sites (tertiary alicyclic amines) is 1. The van der Waals surface area contributed by atoms with E-state index in [-0.39, 0.29) is 24.3 Å². The number of nitrogens with two attached hydrogens (primary N) is 1. The number of nitrogens with zero attached hydrogens (tertiary/aromatic N) is 1. The van der Waals surface area contributed by atoms with Crippen LogP contribution >= 0.6 is 0 Å². The number of benzene rings is 2. The summed E-state index contributed by atoms with van der Waals surface area (Å²) in [4.78, 5) is 25.2. The van der Waals surface area contributed by atoms with Gasteiger partial charge in [-0.05, 0) is 49.2 Å². The van der Waals surface area contributed by atoms with Crippen molar-refractivity contribution in [2.24, 2.45) is 11.7 Å². The summed E-state index contributed by atoms with van der Waals surface area (Å²) in [5, 5.41) is 0. The quantitative estimate of drug-likeness (QED) is 0.864. The first kappa shape index (κ1) is 17.8. The minimum absolute atomic E-state index is 0.0651. The lowest BCUT2D eigenvalue weighted by Gasteiger charge is -2.31. The van der Waals surface area contributed by atoms with Crippen LogP contribution in [-0.4, -0.2) is 36.4 Å². The zero-order valence-corrected chi connectivity index (χ0v) is 14.5. The third kappa shape index (κ3) is 4.75. The van der Waals surface area contributed by atoms with E-state index in [0.717, 1.165) is 18.6 Å². The fraction of sp³-hybridized carbons (Fsp3) is 0.300. The molecule has 1 aliphatic heterocycles. The van der Waals surface area contributed by atoms with Gasteiger partial charge in [-0.25, -0.2) is 0 Å². The van der Waals surface area contributed by atoms with E-state index in [1.807, 2.05) is 30.3 Å². The van der Waals surface area contributed by atoms with Crippen molar-refractivity contribution in [1.29, 1.82) is 0 Å². The summed E-state index contributed by atoms with van der Waals surface area (Å²) in [6.45, 7) is 0.946. The second kappa shape index (κ2) is 8.38. The zero-order chi connectivity index (χ0) is 18.4. The second-order valence-electron chi connectivity index (χ2n) is 6.26. The van der Waals surface area contributed by atoms with Crippen LogP contribution in [0.25, 0.3) is 0 Å². The third-order valence-electron chi connectivity index (χ3n) is 4.34. The Kier molecular flexibility index (Phi) is 5.73. The maximum atomic E-state index is 12.3. The average Bonchev–Trinajstić information content (AvgIpc) is 2.68. The molecule has 0 saturated carbocycles. The predicted molar refractivity (Wildman–Crippen MR) is 97.0 cm³/mol. The number of primary amides is 1. The van der Waals surface area contributed by atoms with Gasteiger partial charge >= 0.3 is 0 Å². The van der Waals surface area contributed by atoms with Gasteiger partial charge in [0.2, 0.25) is 5.91 Å². The summed E-state index contributed by atoms with van der Waals surface area (Å²) >= 11 is 0. The molecule has 0 aliphatic carbocycles. The van der Waals surface area contributed by atoms with Gasteiger partial charge in [0.15, 0.2) is 6.61 Å². The number of rotatable bonds is 6. The molecule has 1 fully saturated rings. The van der Waals surface area contributed by atoms with Crippen LogP contribution in [0.4, 0.5) is 0 Å². The molecule has 136 valence electrons. The SMILES string of the molecule is NC(=O)[C@H]1CCCN(C(=O)COc2ccc(Oc3ccccc3)cc2)C1. The predicted octanol–water partition coefficient (Wildman–Crippen LogP) is 2.58. The zero-order valence-electron chi connectivity index (χ0n) is 14.5. The highest BCUT2D eigenvalue weighted by Crippen LogP contribution is 2.23. The molecule has 2 aromatic carbocycles. The van der Waals surface area contributed by atoms with E-state index in [9.17, 15) is 9.59 Å². The van der Waals surface area contributed by atoms with Crippen molar-refractivity contribution >= 4 is 11.8 Å². The Bertz CT molecular complexity index is 746. The number of hydrogen-bond donors (Lipinski definition) is 1. The molecule has 3 rings (SSSR count). The van der Waals surface area contributed by atoms with Crippen molar-refractivity contribution in [2.45, 2.75) is 12.8 Å². The summed E-state index contributed by atoms with van der Waals surface area (Å²) < 4.78 is 11.3. The van der Waals surface area contributed by atoms with E-state index in [2.05, 4.69) is 0 Å². The molecule has 2 aromatic rings. The molecular formula is C20H22N2O4. The molecule has 6 heteroatoms. The van der Waals surface area contributed by atoms with E-state index in [1.54, 1.807) is 29.2 Å². The third-order valence-corrected chi connectivity index (χ3v) is 4.34. The Morgan fingerprint density at radius 2 is 1.65 bits per heavy atom. The number of carbonyl (C=O) groups excluding carboxylic acids is 2. The summed E-state index contributed by atoms with van der Waals surface area (Å²) in [6.07, 6.45) is 1.52. The molecule has 0 radical (unpaired) electrons. The van der Waals surface area contributed by atoms with Gasteiger partial charge < -0.3 is 20.1 Å². The van der Waals surface area contributed by atoms with Crippen molar-refractivity contribution in [3.63, 3.8) is 0 Å². The number of carbonyl (C=O) groups is 2. The molecule has 1 aliphatic rings. The molecule has 0 aromatic heterocycles. The molecule has 1 heterocycles. The number of para-hydroxylation sites is 1. The topological polar surface area (TPSA) is 81.9 Å². The summed E-state index contributed by atoms with van der Waals surface area (Å²) in [5.41, 5.74) is 5.34. The van der Waals surface area contributed by atoms with Crippen LogP contribution in [0, 0.1) is 5.92 Å². The van der Waals surface area contributed by atoms with E-state index in [4.69, 9.17) is 15.2 Å². The normalized spacial score (nSPS) is 16.8. The van der Waals surface area contributed by atoms with Crippen LogP contribution in [0.3, 0.4) is 0 Å². The monoisotopic (exact) mass is 354 g/mol. The first-order valence-electron chi connectivity index (χ1n) is 8.64. The molecule has 1 atom stereocenters. The Morgan fingerprint density at radius 3 is 2.35 bits per heavy atom. The maximum Gasteiger partial charge on any atom is 0.260 e. The molecule has 0 spiro atoms. The van der Waals surface area contributed by atoms with Crippen LogP contribution in [0.15, 0.2) is 54.6 Å². The van der Waals surface area contributed by atoms with E-state index in [0.29, 0.717) is 24.6 Å². The molecule has 2 N–H and O–H groups in total. The summed E-state index contributed by atoms with van der Waals surface area (Å²) in [6, 6.07) is 16.6. The first-order valence-corrected chi connectivity index (χ1v) is 8.64. The maximum absolute atomic E-state index is 12.3. The van der Waals surface area contributed by atoms with E-state index >= 15 is 0 Å². The van der Waals surface area contributed by atoms with Crippen LogP contribution in [0.2, 0.25) is 0 Å². The smallest absolute Gasteiger partial charge is 0.260 e. The molecule has 6 nitrogen and oxygen atoms in total. The largest absolute Gasteiger partial charge is 0.484 e. The van der Waals surface area contributed by atoms with Crippen molar-refractivity contribution in [1.82, 2.24) is 4.90 Å². The van der Waals surface area contributed by atoms with Crippen LogP contribution in [0.5, 0.6) is 17.2 Å². The lowest BCUT2D eigenvalue weighted by Crippen LogP contribution is -2.45. The van der Waals surface area contributed by atoms with Gasteiger partial charge in [0.05, 0.1) is 5.92 Å². The number of piperidine rings is 1. The number of amides is 2. The average molecular weight is 354 g/mol. The Morgan fingerprint density at radius 1 is 1.00 bits per heavy atom. The highest BCUT2D eigenvalue weighted by molar-refractivity contribution is 5.81. The van der Waals surface area contributed by atoms with Gasteiger partial charge in [0, 0.05) is 13.1 Å². The first-order chi connectivity index (χ1) is 12.6. The Hall–Kier alpha value is -3.02. The second-order valence-corrected chi connectivity index (χ2v) is 6.26. The van der Waals surface area contributed by atoms with Gasteiger partial charge in [0.25, 0.3) is 5.91 Å². The Balaban J connectivity index is 1.50. The van der Waals surface area contributed by atoms with Crippen LogP contribution in [-0.2, 0) is 9.59 Å². The van der Waals surface area contributed by atoms with Crippen molar-refractivity contribution in [3.8, 4) is 17.2 Å². The van der Waals surface area contributed by atoms with Gasteiger partial charge in [-0.2, -0.15) is 0 Å². The van der Waals surface area contributed by atoms with Crippen molar-refractivity contribution in [2.75, 3.05) is 19.7 Å². The van der Waals surface area contributed by atoms with Gasteiger partial charge in [-0.1, -0.05) is 18.2 Å². The molecule has 0 unspecified atom stereocenters. The number of hydrogen-bond acceptors (Lipinski definition) is 4. The lowest BCUT2D eigenvalue weighted by atomic mass is 9.97. The fourth-order valence-corrected chi connectivity index (χ4v) is 2.90. The van der Waals surface area contributed by atoms with Crippen molar-refractivity contribution in [3.05, 3.63) is 54.6 Å². The summed E-state index contributed by atoms with van der Waals surface area (Å²) in [5.74, 6) is 1.28. The van der Waals surface area contributed by atoms with E-state index in [1.165, 1.54) is 0 Å². The fourth-order valence-electron chi connectivity index (χ4n) is 2.90. The van der Waals surface area contributed by atoms with E-state index < -0.39 is 0 Å². The molecule has 2 amide bonds. The minimum atomic E-state index is -0.350. The highest BCUT2D eigenvalue weighted by atomic mass is 16.5. The van der Waals surface area contributed by atoms with Crippen LogP contribution < -0.4 is 15.2 Å². The van der Waals surface area contributed by atoms with Gasteiger partial charge in [-0.15, -0.1) is 0 Å².